The third-order valence-corrected chi connectivity index (χ3v) is 3.76. The Morgan fingerprint density at radius 2 is 1.67 bits per heavy atom. The molecule has 1 atom stereocenters. The van der Waals surface area contributed by atoms with Crippen LogP contribution >= 0.6 is 0 Å². The van der Waals surface area contributed by atoms with E-state index in [1.165, 1.54) is 6.07 Å². The van der Waals surface area contributed by atoms with Crippen LogP contribution in [0, 0.1) is 11.7 Å². The summed E-state index contributed by atoms with van der Waals surface area (Å²) in [6.07, 6.45) is -0.744. The van der Waals surface area contributed by atoms with Crippen LogP contribution in [0.15, 0.2) is 18.2 Å². The number of hydrogen-bond donors (Lipinski definition) is 1. The Bertz CT molecular complexity index is 436. The second kappa shape index (κ2) is 7.78. The molecule has 1 nitrogen and oxygen atoms in total. The molecular weight excluding hydrogens is 282 g/mol. The first-order chi connectivity index (χ1) is 9.85. The Kier molecular flexibility index (Phi) is 6.65. The minimum atomic E-state index is -4.65. The van der Waals surface area contributed by atoms with Gasteiger partial charge in [-0.25, -0.2) is 4.39 Å². The van der Waals surface area contributed by atoms with Crippen LogP contribution in [0.25, 0.3) is 0 Å². The number of benzene rings is 1. The first-order valence-electron chi connectivity index (χ1n) is 7.39. The fraction of sp³-hybridized carbons (Fsp3) is 0.625. The molecule has 0 heterocycles. The van der Waals surface area contributed by atoms with E-state index in [1.807, 2.05) is 0 Å². The van der Waals surface area contributed by atoms with E-state index in [9.17, 15) is 17.6 Å². The van der Waals surface area contributed by atoms with E-state index < -0.39 is 17.6 Å². The normalized spacial score (nSPS) is 13.7. The van der Waals surface area contributed by atoms with Crippen molar-refractivity contribution in [1.29, 1.82) is 0 Å². The maximum atomic E-state index is 13.7. The predicted octanol–water partition coefficient (Wildman–Crippen LogP) is 5.32. The Hall–Kier alpha value is -1.10. The van der Waals surface area contributed by atoms with E-state index in [-0.39, 0.29) is 6.04 Å². The maximum absolute atomic E-state index is 13.7. The summed E-state index contributed by atoms with van der Waals surface area (Å²) < 4.78 is 51.6. The Balaban J connectivity index is 3.08. The number of hydrogen-bond acceptors (Lipinski definition) is 1. The smallest absolute Gasteiger partial charge is 0.313 e. The van der Waals surface area contributed by atoms with Crippen molar-refractivity contribution in [3.63, 3.8) is 0 Å². The number of halogens is 4. The molecule has 120 valence electrons. The highest BCUT2D eigenvalue weighted by Crippen LogP contribution is 2.35. The summed E-state index contributed by atoms with van der Waals surface area (Å²) in [7, 11) is 1.76. The zero-order valence-electron chi connectivity index (χ0n) is 12.7. The standard InChI is InChI=1S/C16H23F4N/c1-4-6-11(7-5-2)15(21-3)12-8-9-13(14(17)10-12)16(18,19)20/h8-11,15,21H,4-7H2,1-3H3. The fourth-order valence-corrected chi connectivity index (χ4v) is 2.85. The summed E-state index contributed by atoms with van der Waals surface area (Å²) in [5, 5.41) is 3.13. The van der Waals surface area contributed by atoms with E-state index in [2.05, 4.69) is 19.2 Å². The van der Waals surface area contributed by atoms with Crippen molar-refractivity contribution in [2.24, 2.45) is 5.92 Å². The van der Waals surface area contributed by atoms with Gasteiger partial charge in [-0.1, -0.05) is 32.8 Å². The van der Waals surface area contributed by atoms with Crippen molar-refractivity contribution in [2.75, 3.05) is 7.05 Å². The van der Waals surface area contributed by atoms with Crippen LogP contribution in [0.2, 0.25) is 0 Å². The van der Waals surface area contributed by atoms with Gasteiger partial charge in [-0.15, -0.1) is 0 Å². The van der Waals surface area contributed by atoms with Gasteiger partial charge in [-0.3, -0.25) is 0 Å². The first-order valence-corrected chi connectivity index (χ1v) is 7.39. The average Bonchev–Trinajstić information content (AvgIpc) is 2.38. The molecule has 1 unspecified atom stereocenters. The van der Waals surface area contributed by atoms with Gasteiger partial charge in [0.25, 0.3) is 0 Å². The highest BCUT2D eigenvalue weighted by molar-refractivity contribution is 5.29. The van der Waals surface area contributed by atoms with Crippen molar-refractivity contribution in [3.8, 4) is 0 Å². The Labute approximate surface area is 123 Å². The Morgan fingerprint density at radius 3 is 2.05 bits per heavy atom. The second-order valence-corrected chi connectivity index (χ2v) is 5.34. The molecule has 0 bridgehead atoms. The van der Waals surface area contributed by atoms with Crippen LogP contribution < -0.4 is 5.32 Å². The van der Waals surface area contributed by atoms with Gasteiger partial charge in [0.15, 0.2) is 0 Å². The minimum absolute atomic E-state index is 0.123. The zero-order chi connectivity index (χ0) is 16.0. The highest BCUT2D eigenvalue weighted by Gasteiger charge is 2.34. The second-order valence-electron chi connectivity index (χ2n) is 5.34. The molecule has 21 heavy (non-hydrogen) atoms. The number of rotatable bonds is 7. The molecule has 0 saturated carbocycles. The lowest BCUT2D eigenvalue weighted by molar-refractivity contribution is -0.140. The monoisotopic (exact) mass is 305 g/mol. The SMILES string of the molecule is CCCC(CCC)C(NC)c1ccc(C(F)(F)F)c(F)c1. The third-order valence-electron chi connectivity index (χ3n) is 3.76. The molecule has 0 radical (unpaired) electrons. The third kappa shape index (κ3) is 4.70. The topological polar surface area (TPSA) is 12.0 Å². The summed E-state index contributed by atoms with van der Waals surface area (Å²) >= 11 is 0. The summed E-state index contributed by atoms with van der Waals surface area (Å²) in [6, 6.07) is 3.11. The lowest BCUT2D eigenvalue weighted by atomic mass is 9.86. The van der Waals surface area contributed by atoms with Gasteiger partial charge in [0.2, 0.25) is 0 Å². The molecule has 5 heteroatoms. The molecule has 0 amide bonds. The van der Waals surface area contributed by atoms with Gasteiger partial charge >= 0.3 is 6.18 Å². The summed E-state index contributed by atoms with van der Waals surface area (Å²) in [5.74, 6) is -0.909. The van der Waals surface area contributed by atoms with Crippen LogP contribution in [-0.2, 0) is 6.18 Å². The maximum Gasteiger partial charge on any atom is 0.419 e. The summed E-state index contributed by atoms with van der Waals surface area (Å²) in [5.41, 5.74) is -0.626. The van der Waals surface area contributed by atoms with Crippen molar-refractivity contribution >= 4 is 0 Å². The molecule has 1 aromatic carbocycles. The van der Waals surface area contributed by atoms with Gasteiger partial charge in [-0.05, 0) is 43.5 Å². The van der Waals surface area contributed by atoms with Crippen molar-refractivity contribution in [1.82, 2.24) is 5.32 Å². The van der Waals surface area contributed by atoms with Crippen molar-refractivity contribution in [3.05, 3.63) is 35.1 Å². The van der Waals surface area contributed by atoms with E-state index in [4.69, 9.17) is 0 Å². The summed E-state index contributed by atoms with van der Waals surface area (Å²) in [6.45, 7) is 4.14. The molecule has 0 aromatic heterocycles. The van der Waals surface area contributed by atoms with E-state index in [0.717, 1.165) is 37.8 Å². The van der Waals surface area contributed by atoms with Gasteiger partial charge in [-0.2, -0.15) is 13.2 Å². The molecule has 0 fully saturated rings. The molecule has 0 aliphatic rings. The highest BCUT2D eigenvalue weighted by atomic mass is 19.4. The van der Waals surface area contributed by atoms with Crippen LogP contribution in [0.1, 0.15) is 56.7 Å². The van der Waals surface area contributed by atoms with Gasteiger partial charge < -0.3 is 5.32 Å². The zero-order valence-corrected chi connectivity index (χ0v) is 12.7. The van der Waals surface area contributed by atoms with Crippen LogP contribution in [0.4, 0.5) is 17.6 Å². The molecule has 0 aliphatic heterocycles. The molecule has 0 aliphatic carbocycles. The predicted molar refractivity (Wildman–Crippen MR) is 76.5 cm³/mol. The minimum Gasteiger partial charge on any atom is -0.313 e. The lowest BCUT2D eigenvalue weighted by Gasteiger charge is -2.27. The quantitative estimate of drug-likeness (QED) is 0.672. The fourth-order valence-electron chi connectivity index (χ4n) is 2.85. The van der Waals surface area contributed by atoms with Crippen molar-refractivity contribution in [2.45, 2.75) is 51.7 Å². The number of nitrogens with one attached hydrogen (secondary N) is 1. The van der Waals surface area contributed by atoms with Gasteiger partial charge in [0.05, 0.1) is 5.56 Å². The summed E-state index contributed by atoms with van der Waals surface area (Å²) in [4.78, 5) is 0. The van der Waals surface area contributed by atoms with Crippen molar-refractivity contribution < 1.29 is 17.6 Å². The van der Waals surface area contributed by atoms with E-state index >= 15 is 0 Å². The molecular formula is C16H23F4N. The molecule has 1 aromatic rings. The van der Waals surface area contributed by atoms with Crippen LogP contribution in [0.5, 0.6) is 0 Å². The lowest BCUT2D eigenvalue weighted by Crippen LogP contribution is -2.25. The molecule has 1 rings (SSSR count). The molecule has 1 N–H and O–H groups in total. The largest absolute Gasteiger partial charge is 0.419 e. The Morgan fingerprint density at radius 1 is 1.10 bits per heavy atom. The van der Waals surface area contributed by atoms with Gasteiger partial charge in [0.1, 0.15) is 5.82 Å². The number of alkyl halides is 3. The van der Waals surface area contributed by atoms with Crippen LogP contribution in [-0.4, -0.2) is 7.05 Å². The first kappa shape index (κ1) is 18.0. The van der Waals surface area contributed by atoms with E-state index in [1.54, 1.807) is 7.05 Å². The molecule has 0 saturated heterocycles. The average molecular weight is 305 g/mol. The molecule has 0 spiro atoms. The van der Waals surface area contributed by atoms with Gasteiger partial charge in [0, 0.05) is 6.04 Å². The van der Waals surface area contributed by atoms with Crippen LogP contribution in [0.3, 0.4) is 0 Å². The van der Waals surface area contributed by atoms with E-state index in [0.29, 0.717) is 11.5 Å².